The summed E-state index contributed by atoms with van der Waals surface area (Å²) in [5, 5.41) is 10.8. The number of halogens is 1. The van der Waals surface area contributed by atoms with Crippen LogP contribution in [0.1, 0.15) is 0 Å². The van der Waals surface area contributed by atoms with Gasteiger partial charge in [0.15, 0.2) is 0 Å². The van der Waals surface area contributed by atoms with E-state index in [4.69, 9.17) is 10.5 Å². The molecule has 0 fully saturated rings. The van der Waals surface area contributed by atoms with E-state index in [1.54, 1.807) is 0 Å². The van der Waals surface area contributed by atoms with Gasteiger partial charge in [-0.2, -0.15) is 0 Å². The van der Waals surface area contributed by atoms with Gasteiger partial charge in [0.25, 0.3) is 5.69 Å². The van der Waals surface area contributed by atoms with Crippen LogP contribution in [-0.2, 0) is 0 Å². The maximum atomic E-state index is 13.3. The normalized spacial score (nSPS) is 10.2. The van der Waals surface area contributed by atoms with Crippen molar-refractivity contribution in [1.82, 2.24) is 4.98 Å². The summed E-state index contributed by atoms with van der Waals surface area (Å²) < 4.78 is 18.4. The molecule has 0 saturated heterocycles. The van der Waals surface area contributed by atoms with Crippen LogP contribution in [0.25, 0.3) is 11.3 Å². The molecule has 0 aliphatic rings. The number of pyridine rings is 1. The molecule has 0 atom stereocenters. The third-order valence-electron chi connectivity index (χ3n) is 2.48. The van der Waals surface area contributed by atoms with Gasteiger partial charge < -0.3 is 10.5 Å². The molecular weight excluding hydrogens is 253 g/mol. The molecule has 1 aromatic heterocycles. The third-order valence-corrected chi connectivity index (χ3v) is 2.48. The molecule has 0 amide bonds. The minimum atomic E-state index is -0.590. The van der Waals surface area contributed by atoms with Crippen molar-refractivity contribution in [2.24, 2.45) is 0 Å². The summed E-state index contributed by atoms with van der Waals surface area (Å²) in [4.78, 5) is 14.1. The molecular formula is C12H10FN3O3. The lowest BCUT2D eigenvalue weighted by molar-refractivity contribution is -0.384. The maximum Gasteiger partial charge on any atom is 0.275 e. The maximum absolute atomic E-state index is 13.3. The number of hydrogen-bond acceptors (Lipinski definition) is 5. The van der Waals surface area contributed by atoms with Crippen LogP contribution in [0.3, 0.4) is 0 Å². The van der Waals surface area contributed by atoms with Crippen molar-refractivity contribution in [3.8, 4) is 17.0 Å². The van der Waals surface area contributed by atoms with Crippen molar-refractivity contribution >= 4 is 11.5 Å². The summed E-state index contributed by atoms with van der Waals surface area (Å²) in [6, 6.07) is 6.18. The summed E-state index contributed by atoms with van der Waals surface area (Å²) in [6.07, 6.45) is 0. The molecule has 7 heteroatoms. The van der Waals surface area contributed by atoms with Crippen molar-refractivity contribution in [3.63, 3.8) is 0 Å². The van der Waals surface area contributed by atoms with Crippen LogP contribution in [0.4, 0.5) is 15.9 Å². The molecule has 0 radical (unpaired) electrons. The van der Waals surface area contributed by atoms with Crippen molar-refractivity contribution in [2.75, 3.05) is 12.8 Å². The van der Waals surface area contributed by atoms with Crippen molar-refractivity contribution in [1.29, 1.82) is 0 Å². The van der Waals surface area contributed by atoms with Gasteiger partial charge in [0, 0.05) is 11.6 Å². The van der Waals surface area contributed by atoms with E-state index in [-0.39, 0.29) is 17.2 Å². The summed E-state index contributed by atoms with van der Waals surface area (Å²) in [5.74, 6) is -0.160. The molecule has 6 nitrogen and oxygen atoms in total. The zero-order chi connectivity index (χ0) is 14.0. The molecule has 98 valence electrons. The Kier molecular flexibility index (Phi) is 3.28. The van der Waals surface area contributed by atoms with E-state index in [9.17, 15) is 14.5 Å². The average Bonchev–Trinajstić information content (AvgIpc) is 2.37. The van der Waals surface area contributed by atoms with Gasteiger partial charge in [0.1, 0.15) is 17.4 Å². The fourth-order valence-electron chi connectivity index (χ4n) is 1.66. The number of aromatic nitrogens is 1. The Morgan fingerprint density at radius 2 is 2.11 bits per heavy atom. The number of methoxy groups -OCH3 is 1. The van der Waals surface area contributed by atoms with Crippen molar-refractivity contribution in [2.45, 2.75) is 0 Å². The number of anilines is 1. The summed E-state index contributed by atoms with van der Waals surface area (Å²) >= 11 is 0. The zero-order valence-electron chi connectivity index (χ0n) is 9.96. The molecule has 0 unspecified atom stereocenters. The Labute approximate surface area is 107 Å². The largest absolute Gasteiger partial charge is 0.496 e. The number of rotatable bonds is 3. The first-order valence-corrected chi connectivity index (χ1v) is 5.27. The van der Waals surface area contributed by atoms with Gasteiger partial charge in [0.05, 0.1) is 23.8 Å². The zero-order valence-corrected chi connectivity index (χ0v) is 9.96. The number of nitro groups is 1. The van der Waals surface area contributed by atoms with E-state index in [0.717, 1.165) is 6.07 Å². The Balaban J connectivity index is 2.64. The summed E-state index contributed by atoms with van der Waals surface area (Å²) in [6.45, 7) is 0. The van der Waals surface area contributed by atoms with Gasteiger partial charge in [-0.3, -0.25) is 10.1 Å². The van der Waals surface area contributed by atoms with Gasteiger partial charge >= 0.3 is 0 Å². The lowest BCUT2D eigenvalue weighted by Gasteiger charge is -2.08. The smallest absolute Gasteiger partial charge is 0.275 e. The number of benzene rings is 1. The monoisotopic (exact) mass is 263 g/mol. The van der Waals surface area contributed by atoms with Crippen LogP contribution in [0, 0.1) is 15.9 Å². The van der Waals surface area contributed by atoms with E-state index in [1.807, 2.05) is 0 Å². The Bertz CT molecular complexity index is 646. The first-order chi connectivity index (χ1) is 9.01. The molecule has 0 aliphatic heterocycles. The predicted octanol–water partition coefficient (Wildman–Crippen LogP) is 2.39. The molecule has 1 aromatic carbocycles. The molecule has 0 bridgehead atoms. The third kappa shape index (κ3) is 2.59. The highest BCUT2D eigenvalue weighted by molar-refractivity contribution is 5.70. The topological polar surface area (TPSA) is 91.3 Å². The van der Waals surface area contributed by atoms with Gasteiger partial charge in [-0.25, -0.2) is 9.37 Å². The van der Waals surface area contributed by atoms with Crippen molar-refractivity contribution in [3.05, 3.63) is 46.3 Å². The highest BCUT2D eigenvalue weighted by Gasteiger charge is 2.15. The molecule has 0 aliphatic carbocycles. The highest BCUT2D eigenvalue weighted by atomic mass is 19.1. The SMILES string of the molecule is COc1ccc(F)cc1-c1cc([N+](=O)[O-])cc(N)n1. The Morgan fingerprint density at radius 1 is 1.37 bits per heavy atom. The lowest BCUT2D eigenvalue weighted by Crippen LogP contribution is -1.98. The van der Waals surface area contributed by atoms with Gasteiger partial charge in [-0.15, -0.1) is 0 Å². The Morgan fingerprint density at radius 3 is 2.74 bits per heavy atom. The molecule has 2 rings (SSSR count). The van der Waals surface area contributed by atoms with Crippen LogP contribution in [0.2, 0.25) is 0 Å². The molecule has 1 heterocycles. The van der Waals surface area contributed by atoms with E-state index in [1.165, 1.54) is 31.4 Å². The minimum absolute atomic E-state index is 0.0180. The minimum Gasteiger partial charge on any atom is -0.496 e. The van der Waals surface area contributed by atoms with E-state index in [2.05, 4.69) is 4.98 Å². The second-order valence-electron chi connectivity index (χ2n) is 3.74. The second-order valence-corrected chi connectivity index (χ2v) is 3.74. The molecule has 19 heavy (non-hydrogen) atoms. The number of nitrogens with zero attached hydrogens (tertiary/aromatic N) is 2. The average molecular weight is 263 g/mol. The number of nitrogens with two attached hydrogens (primary N) is 1. The van der Waals surface area contributed by atoms with Crippen LogP contribution in [0.5, 0.6) is 5.75 Å². The molecule has 2 N–H and O–H groups in total. The molecule has 0 spiro atoms. The number of nitrogen functional groups attached to an aromatic ring is 1. The van der Waals surface area contributed by atoms with E-state index < -0.39 is 10.7 Å². The first-order valence-electron chi connectivity index (χ1n) is 5.27. The first kappa shape index (κ1) is 12.7. The Hall–Kier alpha value is -2.70. The van der Waals surface area contributed by atoms with Crippen LogP contribution in [-0.4, -0.2) is 17.0 Å². The van der Waals surface area contributed by atoms with E-state index >= 15 is 0 Å². The van der Waals surface area contributed by atoms with E-state index in [0.29, 0.717) is 11.3 Å². The van der Waals surface area contributed by atoms with Gasteiger partial charge in [-0.1, -0.05) is 0 Å². The van der Waals surface area contributed by atoms with Crippen LogP contribution >= 0.6 is 0 Å². The summed E-state index contributed by atoms with van der Waals surface area (Å²) in [7, 11) is 1.41. The standard InChI is InChI=1S/C12H10FN3O3/c1-19-11-3-2-7(13)4-9(11)10-5-8(16(17)18)6-12(14)15-10/h2-6H,1H3,(H2,14,15). The summed E-state index contributed by atoms with van der Waals surface area (Å²) in [5.41, 5.74) is 5.79. The van der Waals surface area contributed by atoms with Crippen molar-refractivity contribution < 1.29 is 14.1 Å². The number of hydrogen-bond donors (Lipinski definition) is 1. The lowest BCUT2D eigenvalue weighted by atomic mass is 10.1. The predicted molar refractivity (Wildman–Crippen MR) is 67.2 cm³/mol. The quantitative estimate of drug-likeness (QED) is 0.678. The fraction of sp³-hybridized carbons (Fsp3) is 0.0833. The molecule has 2 aromatic rings. The van der Waals surface area contributed by atoms with Gasteiger partial charge in [-0.05, 0) is 18.2 Å². The molecule has 0 saturated carbocycles. The van der Waals surface area contributed by atoms with Crippen LogP contribution < -0.4 is 10.5 Å². The van der Waals surface area contributed by atoms with Gasteiger partial charge in [0.2, 0.25) is 0 Å². The highest BCUT2D eigenvalue weighted by Crippen LogP contribution is 2.32. The second kappa shape index (κ2) is 4.89. The van der Waals surface area contributed by atoms with Crippen LogP contribution in [0.15, 0.2) is 30.3 Å². The fourth-order valence-corrected chi connectivity index (χ4v) is 1.66. The number of ether oxygens (including phenoxy) is 1.